The van der Waals surface area contributed by atoms with Gasteiger partial charge in [-0.2, -0.15) is 0 Å². The summed E-state index contributed by atoms with van der Waals surface area (Å²) in [5.41, 5.74) is 6.28. The summed E-state index contributed by atoms with van der Waals surface area (Å²) in [4.78, 5) is 0. The fraction of sp³-hybridized carbons (Fsp3) is 0.200. The van der Waals surface area contributed by atoms with Crippen molar-refractivity contribution < 1.29 is 4.74 Å². The molecule has 1 aromatic rings. The second-order valence-corrected chi connectivity index (χ2v) is 4.26. The van der Waals surface area contributed by atoms with Gasteiger partial charge in [0, 0.05) is 22.2 Å². The lowest BCUT2D eigenvalue weighted by atomic mass is 10.2. The molecule has 0 radical (unpaired) electrons. The number of rotatable bonds is 4. The van der Waals surface area contributed by atoms with E-state index in [2.05, 4.69) is 6.58 Å². The number of ether oxygens (including phenoxy) is 1. The van der Waals surface area contributed by atoms with Crippen molar-refractivity contribution in [3.05, 3.63) is 39.4 Å². The van der Waals surface area contributed by atoms with Crippen LogP contribution >= 0.6 is 34.8 Å². The zero-order valence-corrected chi connectivity index (χ0v) is 10.2. The Balaban J connectivity index is 2.98. The Labute approximate surface area is 104 Å². The molecule has 1 rings (SSSR count). The van der Waals surface area contributed by atoms with E-state index in [1.54, 1.807) is 12.1 Å². The molecule has 1 aromatic carbocycles. The number of halogens is 3. The quantitative estimate of drug-likeness (QED) is 0.904. The van der Waals surface area contributed by atoms with E-state index in [4.69, 9.17) is 45.3 Å². The molecule has 0 unspecified atom stereocenters. The first kappa shape index (κ1) is 12.7. The summed E-state index contributed by atoms with van der Waals surface area (Å²) < 4.78 is 5.37. The largest absolute Gasteiger partial charge is 0.486 e. The molecule has 2 nitrogen and oxygen atoms in total. The van der Waals surface area contributed by atoms with Crippen molar-refractivity contribution in [2.75, 3.05) is 6.61 Å². The maximum absolute atomic E-state index is 5.96. The van der Waals surface area contributed by atoms with Crippen molar-refractivity contribution in [2.45, 2.75) is 6.54 Å². The number of hydrogen-bond donors (Lipinski definition) is 1. The Bertz CT molecular complexity index is 379. The average Bonchev–Trinajstić information content (AvgIpc) is 2.14. The number of nitrogens with two attached hydrogens (primary N) is 1. The highest BCUT2D eigenvalue weighted by atomic mass is 35.5. The highest BCUT2D eigenvalue weighted by molar-refractivity contribution is 6.35. The minimum atomic E-state index is 0.190. The molecular weight excluding hydrogens is 256 g/mol. The van der Waals surface area contributed by atoms with Crippen molar-refractivity contribution in [2.24, 2.45) is 5.73 Å². The third-order valence-corrected chi connectivity index (χ3v) is 2.29. The van der Waals surface area contributed by atoms with Crippen molar-refractivity contribution in [1.29, 1.82) is 0 Å². The average molecular weight is 267 g/mol. The first-order chi connectivity index (χ1) is 7.04. The van der Waals surface area contributed by atoms with E-state index in [9.17, 15) is 0 Å². The van der Waals surface area contributed by atoms with E-state index in [1.165, 1.54) is 0 Å². The molecule has 0 saturated heterocycles. The van der Waals surface area contributed by atoms with E-state index in [-0.39, 0.29) is 6.61 Å². The maximum atomic E-state index is 5.96. The second kappa shape index (κ2) is 5.61. The van der Waals surface area contributed by atoms with Crippen molar-refractivity contribution in [1.82, 2.24) is 0 Å². The highest BCUT2D eigenvalue weighted by Gasteiger charge is 2.09. The molecular formula is C10H10Cl3NO. The van der Waals surface area contributed by atoms with E-state index < -0.39 is 0 Å². The summed E-state index contributed by atoms with van der Waals surface area (Å²) in [5, 5.41) is 1.34. The van der Waals surface area contributed by atoms with Gasteiger partial charge in [-0.1, -0.05) is 41.4 Å². The van der Waals surface area contributed by atoms with Crippen LogP contribution < -0.4 is 10.5 Å². The van der Waals surface area contributed by atoms with E-state index in [1.807, 2.05) is 0 Å². The SMILES string of the molecule is C=C(Cl)COc1c(Cl)cc(Cl)cc1CN. The molecule has 0 aliphatic heterocycles. The molecule has 5 heteroatoms. The molecule has 0 saturated carbocycles. The Morgan fingerprint density at radius 2 is 2.07 bits per heavy atom. The lowest BCUT2D eigenvalue weighted by Gasteiger charge is -2.12. The molecule has 0 amide bonds. The van der Waals surface area contributed by atoms with Crippen LogP contribution in [-0.2, 0) is 6.54 Å². The summed E-state index contributed by atoms with van der Waals surface area (Å²) in [6, 6.07) is 3.30. The summed E-state index contributed by atoms with van der Waals surface area (Å²) in [6.45, 7) is 4.00. The summed E-state index contributed by atoms with van der Waals surface area (Å²) in [6.07, 6.45) is 0. The van der Waals surface area contributed by atoms with Crippen LogP contribution in [0.5, 0.6) is 5.75 Å². The summed E-state index contributed by atoms with van der Waals surface area (Å²) in [7, 11) is 0. The highest BCUT2D eigenvalue weighted by Crippen LogP contribution is 2.32. The van der Waals surface area contributed by atoms with E-state index in [0.717, 1.165) is 5.56 Å². The Hall–Kier alpha value is -0.410. The van der Waals surface area contributed by atoms with Gasteiger partial charge in [-0.05, 0) is 12.1 Å². The molecule has 15 heavy (non-hydrogen) atoms. The smallest absolute Gasteiger partial charge is 0.143 e. The summed E-state index contributed by atoms with van der Waals surface area (Å²) in [5.74, 6) is 0.505. The van der Waals surface area contributed by atoms with Crippen LogP contribution in [0, 0.1) is 0 Å². The van der Waals surface area contributed by atoms with Crippen LogP contribution in [-0.4, -0.2) is 6.61 Å². The molecule has 82 valence electrons. The third-order valence-electron chi connectivity index (χ3n) is 1.68. The molecule has 0 spiro atoms. The van der Waals surface area contributed by atoms with Gasteiger partial charge in [0.1, 0.15) is 12.4 Å². The van der Waals surface area contributed by atoms with Crippen LogP contribution in [0.2, 0.25) is 10.0 Å². The molecule has 0 aliphatic carbocycles. The topological polar surface area (TPSA) is 35.2 Å². The van der Waals surface area contributed by atoms with E-state index in [0.29, 0.717) is 27.4 Å². The van der Waals surface area contributed by atoms with Crippen LogP contribution in [0.1, 0.15) is 5.56 Å². The Morgan fingerprint density at radius 1 is 1.40 bits per heavy atom. The van der Waals surface area contributed by atoms with E-state index >= 15 is 0 Å². The minimum Gasteiger partial charge on any atom is -0.486 e. The monoisotopic (exact) mass is 265 g/mol. The van der Waals surface area contributed by atoms with Gasteiger partial charge in [0.05, 0.1) is 5.02 Å². The van der Waals surface area contributed by atoms with Crippen molar-refractivity contribution >= 4 is 34.8 Å². The fourth-order valence-corrected chi connectivity index (χ4v) is 1.72. The van der Waals surface area contributed by atoms with Gasteiger partial charge >= 0.3 is 0 Å². The van der Waals surface area contributed by atoms with Crippen LogP contribution in [0.15, 0.2) is 23.7 Å². The zero-order chi connectivity index (χ0) is 11.4. The van der Waals surface area contributed by atoms with Gasteiger partial charge in [-0.25, -0.2) is 0 Å². The predicted molar refractivity (Wildman–Crippen MR) is 64.8 cm³/mol. The normalized spacial score (nSPS) is 10.1. The first-order valence-corrected chi connectivity index (χ1v) is 5.32. The molecule has 0 aromatic heterocycles. The molecule has 0 bridgehead atoms. The molecule has 0 atom stereocenters. The van der Waals surface area contributed by atoms with Gasteiger partial charge in [-0.3, -0.25) is 0 Å². The lowest BCUT2D eigenvalue weighted by Crippen LogP contribution is -2.04. The number of hydrogen-bond acceptors (Lipinski definition) is 2. The molecule has 0 aliphatic rings. The zero-order valence-electron chi connectivity index (χ0n) is 7.90. The van der Waals surface area contributed by atoms with Gasteiger partial charge < -0.3 is 10.5 Å². The lowest BCUT2D eigenvalue weighted by molar-refractivity contribution is 0.356. The summed E-state index contributed by atoms with van der Waals surface area (Å²) >= 11 is 17.4. The van der Waals surface area contributed by atoms with Gasteiger partial charge in [0.15, 0.2) is 0 Å². The van der Waals surface area contributed by atoms with Crippen LogP contribution in [0.3, 0.4) is 0 Å². The number of benzene rings is 1. The molecule has 2 N–H and O–H groups in total. The van der Waals surface area contributed by atoms with Crippen LogP contribution in [0.25, 0.3) is 0 Å². The Morgan fingerprint density at radius 3 is 2.60 bits per heavy atom. The minimum absolute atomic E-state index is 0.190. The van der Waals surface area contributed by atoms with Crippen molar-refractivity contribution in [3.63, 3.8) is 0 Å². The van der Waals surface area contributed by atoms with Gasteiger partial charge in [0.25, 0.3) is 0 Å². The molecule has 0 heterocycles. The fourth-order valence-electron chi connectivity index (χ4n) is 1.08. The maximum Gasteiger partial charge on any atom is 0.143 e. The second-order valence-electron chi connectivity index (χ2n) is 2.89. The predicted octanol–water partition coefficient (Wildman–Crippen LogP) is 3.58. The standard InChI is InChI=1S/C10H10Cl3NO/c1-6(11)5-15-10-7(4-14)2-8(12)3-9(10)13/h2-3H,1,4-5,14H2. The van der Waals surface area contributed by atoms with Crippen molar-refractivity contribution in [3.8, 4) is 5.75 Å². The van der Waals surface area contributed by atoms with Crippen LogP contribution in [0.4, 0.5) is 0 Å². The first-order valence-electron chi connectivity index (χ1n) is 4.18. The van der Waals surface area contributed by atoms with Gasteiger partial charge in [0.2, 0.25) is 0 Å². The van der Waals surface area contributed by atoms with Gasteiger partial charge in [-0.15, -0.1) is 0 Å². The molecule has 0 fully saturated rings. The Kier molecular flexibility index (Phi) is 4.74. The third kappa shape index (κ3) is 3.58.